The van der Waals surface area contributed by atoms with Gasteiger partial charge >= 0.3 is 0 Å². The highest BCUT2D eigenvalue weighted by molar-refractivity contribution is 5.98. The molecule has 1 amide bonds. The van der Waals surface area contributed by atoms with Gasteiger partial charge in [-0.1, -0.05) is 18.2 Å². The Hall–Kier alpha value is -3.08. The Labute approximate surface area is 158 Å². The van der Waals surface area contributed by atoms with Crippen LogP contribution in [0.4, 0.5) is 0 Å². The zero-order valence-electron chi connectivity index (χ0n) is 15.5. The number of ketones is 1. The van der Waals surface area contributed by atoms with Crippen molar-refractivity contribution in [1.29, 1.82) is 0 Å². The number of nitrogens with one attached hydrogen (secondary N) is 2. The smallest absolute Gasteiger partial charge is 0.220 e. The number of rotatable bonds is 9. The van der Waals surface area contributed by atoms with E-state index in [9.17, 15) is 9.59 Å². The third-order valence-corrected chi connectivity index (χ3v) is 4.46. The fourth-order valence-corrected chi connectivity index (χ4v) is 3.04. The lowest BCUT2D eigenvalue weighted by Crippen LogP contribution is -2.26. The third-order valence-electron chi connectivity index (χ3n) is 4.46. The summed E-state index contributed by atoms with van der Waals surface area (Å²) in [6.07, 6.45) is 3.13. The molecule has 0 atom stereocenters. The SMILES string of the molecule is CCOc1ccc(C(=O)CCC(=O)NCCc2c[nH]c3ccccc23)cc1. The summed E-state index contributed by atoms with van der Waals surface area (Å²) in [6, 6.07) is 15.1. The maximum Gasteiger partial charge on any atom is 0.220 e. The molecule has 0 saturated carbocycles. The predicted molar refractivity (Wildman–Crippen MR) is 106 cm³/mol. The number of para-hydroxylation sites is 1. The lowest BCUT2D eigenvalue weighted by molar-refractivity contribution is -0.121. The molecule has 27 heavy (non-hydrogen) atoms. The molecule has 0 aliphatic heterocycles. The minimum absolute atomic E-state index is 0.0372. The molecule has 0 aliphatic carbocycles. The number of ether oxygens (including phenoxy) is 1. The van der Waals surface area contributed by atoms with Crippen molar-refractivity contribution in [2.24, 2.45) is 0 Å². The van der Waals surface area contributed by atoms with Crippen LogP contribution in [0.15, 0.2) is 54.7 Å². The molecule has 1 aromatic heterocycles. The maximum atomic E-state index is 12.2. The normalized spacial score (nSPS) is 10.7. The minimum atomic E-state index is -0.103. The fraction of sp³-hybridized carbons (Fsp3) is 0.273. The molecule has 2 aromatic carbocycles. The van der Waals surface area contributed by atoms with Gasteiger partial charge < -0.3 is 15.0 Å². The Balaban J connectivity index is 1.42. The molecular weight excluding hydrogens is 340 g/mol. The summed E-state index contributed by atoms with van der Waals surface area (Å²) in [4.78, 5) is 27.4. The zero-order chi connectivity index (χ0) is 19.1. The van der Waals surface area contributed by atoms with Crippen LogP contribution in [-0.4, -0.2) is 29.8 Å². The van der Waals surface area contributed by atoms with Gasteiger partial charge in [0.05, 0.1) is 6.61 Å². The average Bonchev–Trinajstić information content (AvgIpc) is 3.10. The Morgan fingerprint density at radius 2 is 1.81 bits per heavy atom. The molecule has 3 rings (SSSR count). The number of Topliss-reactive ketones (excluding diaryl/α,β-unsaturated/α-hetero) is 1. The number of hydrogen-bond acceptors (Lipinski definition) is 3. The van der Waals surface area contributed by atoms with Crippen molar-refractivity contribution in [3.63, 3.8) is 0 Å². The number of hydrogen-bond donors (Lipinski definition) is 2. The first-order valence-electron chi connectivity index (χ1n) is 9.25. The van der Waals surface area contributed by atoms with Crippen LogP contribution in [0, 0.1) is 0 Å². The molecule has 140 valence electrons. The summed E-state index contributed by atoms with van der Waals surface area (Å²) >= 11 is 0. The molecule has 5 heteroatoms. The van der Waals surface area contributed by atoms with Crippen LogP contribution >= 0.6 is 0 Å². The van der Waals surface area contributed by atoms with E-state index in [0.717, 1.165) is 17.7 Å². The van der Waals surface area contributed by atoms with Gasteiger partial charge in [-0.05, 0) is 49.2 Å². The Kier molecular flexibility index (Phi) is 6.26. The lowest BCUT2D eigenvalue weighted by atomic mass is 10.1. The summed E-state index contributed by atoms with van der Waals surface area (Å²) < 4.78 is 5.36. The standard InChI is InChI=1S/C22H24N2O3/c1-2-27-18-9-7-16(8-10-18)21(25)11-12-22(26)23-14-13-17-15-24-20-6-4-3-5-19(17)20/h3-10,15,24H,2,11-14H2,1H3,(H,23,26). The van der Waals surface area contributed by atoms with Crippen molar-refractivity contribution < 1.29 is 14.3 Å². The number of aromatic nitrogens is 1. The first kappa shape index (κ1) is 18.7. The number of H-pyrrole nitrogens is 1. The topological polar surface area (TPSA) is 71.2 Å². The van der Waals surface area contributed by atoms with Gasteiger partial charge in [-0.15, -0.1) is 0 Å². The lowest BCUT2D eigenvalue weighted by Gasteiger charge is -2.06. The van der Waals surface area contributed by atoms with Gasteiger partial charge in [-0.3, -0.25) is 9.59 Å². The van der Waals surface area contributed by atoms with Crippen molar-refractivity contribution in [3.05, 3.63) is 65.9 Å². The van der Waals surface area contributed by atoms with Crippen molar-refractivity contribution in [2.75, 3.05) is 13.2 Å². The second-order valence-corrected chi connectivity index (χ2v) is 6.34. The monoisotopic (exact) mass is 364 g/mol. The fourth-order valence-electron chi connectivity index (χ4n) is 3.04. The van der Waals surface area contributed by atoms with Crippen LogP contribution in [0.1, 0.15) is 35.7 Å². The first-order chi connectivity index (χ1) is 13.2. The van der Waals surface area contributed by atoms with Crippen LogP contribution in [0.2, 0.25) is 0 Å². The first-order valence-corrected chi connectivity index (χ1v) is 9.25. The van der Waals surface area contributed by atoms with Crippen molar-refractivity contribution in [1.82, 2.24) is 10.3 Å². The highest BCUT2D eigenvalue weighted by Crippen LogP contribution is 2.18. The predicted octanol–water partition coefficient (Wildman–Crippen LogP) is 3.89. The molecule has 0 bridgehead atoms. The summed E-state index contributed by atoms with van der Waals surface area (Å²) in [7, 11) is 0. The van der Waals surface area contributed by atoms with Gasteiger partial charge in [0.25, 0.3) is 0 Å². The van der Waals surface area contributed by atoms with Gasteiger partial charge in [-0.25, -0.2) is 0 Å². The second-order valence-electron chi connectivity index (χ2n) is 6.34. The molecule has 0 fully saturated rings. The molecule has 3 aromatic rings. The largest absolute Gasteiger partial charge is 0.494 e. The summed E-state index contributed by atoms with van der Waals surface area (Å²) in [5, 5.41) is 4.07. The number of aromatic amines is 1. The second kappa shape index (κ2) is 9.03. The number of amides is 1. The third kappa shape index (κ3) is 4.97. The molecule has 0 aliphatic rings. The van der Waals surface area contributed by atoms with E-state index in [-0.39, 0.29) is 24.5 Å². The molecule has 0 unspecified atom stereocenters. The maximum absolute atomic E-state index is 12.2. The Bertz CT molecular complexity index is 913. The van der Waals surface area contributed by atoms with Gasteiger partial charge in [0.1, 0.15) is 5.75 Å². The van der Waals surface area contributed by atoms with E-state index >= 15 is 0 Å². The highest BCUT2D eigenvalue weighted by atomic mass is 16.5. The van der Waals surface area contributed by atoms with E-state index in [1.54, 1.807) is 24.3 Å². The van der Waals surface area contributed by atoms with Crippen LogP contribution in [0.5, 0.6) is 5.75 Å². The zero-order valence-corrected chi connectivity index (χ0v) is 15.5. The van der Waals surface area contributed by atoms with Crippen LogP contribution in [0.3, 0.4) is 0 Å². The van der Waals surface area contributed by atoms with Crippen molar-refractivity contribution in [2.45, 2.75) is 26.2 Å². The Morgan fingerprint density at radius 1 is 1.04 bits per heavy atom. The molecule has 0 spiro atoms. The van der Waals surface area contributed by atoms with Gasteiger partial charge in [-0.2, -0.15) is 0 Å². The minimum Gasteiger partial charge on any atom is -0.494 e. The summed E-state index contributed by atoms with van der Waals surface area (Å²) in [5.41, 5.74) is 2.88. The number of fused-ring (bicyclic) bond motifs is 1. The van der Waals surface area contributed by atoms with E-state index in [4.69, 9.17) is 4.74 Å². The highest BCUT2D eigenvalue weighted by Gasteiger charge is 2.10. The van der Waals surface area contributed by atoms with E-state index in [1.807, 2.05) is 31.3 Å². The van der Waals surface area contributed by atoms with Crippen LogP contribution in [-0.2, 0) is 11.2 Å². The molecular formula is C22H24N2O3. The number of carbonyl (C=O) groups excluding carboxylic acids is 2. The molecule has 0 radical (unpaired) electrons. The van der Waals surface area contributed by atoms with E-state index in [1.165, 1.54) is 10.9 Å². The quantitative estimate of drug-likeness (QED) is 0.566. The molecule has 0 saturated heterocycles. The van der Waals surface area contributed by atoms with Gasteiger partial charge in [0, 0.05) is 42.0 Å². The summed E-state index contributed by atoms with van der Waals surface area (Å²) in [5.74, 6) is 0.600. The Morgan fingerprint density at radius 3 is 2.59 bits per heavy atom. The van der Waals surface area contributed by atoms with Gasteiger partial charge in [0.15, 0.2) is 5.78 Å². The van der Waals surface area contributed by atoms with Crippen LogP contribution in [0.25, 0.3) is 10.9 Å². The van der Waals surface area contributed by atoms with E-state index in [0.29, 0.717) is 18.7 Å². The molecule has 1 heterocycles. The van der Waals surface area contributed by atoms with Crippen LogP contribution < -0.4 is 10.1 Å². The number of carbonyl (C=O) groups is 2. The van der Waals surface area contributed by atoms with E-state index in [2.05, 4.69) is 16.4 Å². The van der Waals surface area contributed by atoms with E-state index < -0.39 is 0 Å². The molecule has 5 nitrogen and oxygen atoms in total. The van der Waals surface area contributed by atoms with Gasteiger partial charge in [0.2, 0.25) is 5.91 Å². The molecule has 2 N–H and O–H groups in total. The number of benzene rings is 2. The average molecular weight is 364 g/mol. The summed E-state index contributed by atoms with van der Waals surface area (Å²) in [6.45, 7) is 3.06. The van der Waals surface area contributed by atoms with Crippen molar-refractivity contribution in [3.8, 4) is 5.75 Å². The van der Waals surface area contributed by atoms with Crippen molar-refractivity contribution >= 4 is 22.6 Å².